The van der Waals surface area contributed by atoms with Crippen molar-refractivity contribution in [1.29, 1.82) is 0 Å². The Morgan fingerprint density at radius 1 is 0.696 bits per heavy atom. The first kappa shape index (κ1) is 30.9. The second-order valence-corrected chi connectivity index (χ2v) is 11.9. The Labute approximate surface area is 260 Å². The van der Waals surface area contributed by atoms with Gasteiger partial charge in [0.2, 0.25) is 0 Å². The molecule has 0 radical (unpaired) electrons. The number of benzene rings is 2. The Balaban J connectivity index is 1.68. The third kappa shape index (κ3) is 3.70. The van der Waals surface area contributed by atoms with Gasteiger partial charge in [0, 0.05) is 24.0 Å². The maximum atomic E-state index is 13.4. The van der Waals surface area contributed by atoms with Crippen molar-refractivity contribution in [3.63, 3.8) is 0 Å². The molecule has 0 unspecified atom stereocenters. The normalized spacial score (nSPS) is 29.9. The molecule has 2 heterocycles. The van der Waals surface area contributed by atoms with E-state index >= 15 is 0 Å². The number of aliphatic hydroxyl groups is 4. The van der Waals surface area contributed by atoms with Crippen LogP contribution < -0.4 is 9.47 Å². The summed E-state index contributed by atoms with van der Waals surface area (Å²) < 4.78 is 22.2. The number of carbonyl (C=O) groups excluding carboxylic acids is 4. The number of ether oxygens (including phenoxy) is 4. The highest BCUT2D eigenvalue weighted by Crippen LogP contribution is 2.57. The Morgan fingerprint density at radius 3 is 1.37 bits per heavy atom. The number of esters is 2. The van der Waals surface area contributed by atoms with Crippen LogP contribution in [0.4, 0.5) is 0 Å². The third-order valence-electron chi connectivity index (χ3n) is 9.24. The van der Waals surface area contributed by atoms with Crippen molar-refractivity contribution in [3.8, 4) is 34.1 Å². The summed E-state index contributed by atoms with van der Waals surface area (Å²) in [7, 11) is 1.98. The average Bonchev–Trinajstić information content (AvgIpc) is 3.01. The fourth-order valence-electron chi connectivity index (χ4n) is 7.00. The van der Waals surface area contributed by atoms with Crippen LogP contribution in [0.25, 0.3) is 22.6 Å². The van der Waals surface area contributed by atoms with E-state index in [1.54, 1.807) is 0 Å². The number of ketones is 2. The number of phenols is 2. The summed E-state index contributed by atoms with van der Waals surface area (Å²) in [5, 5.41) is 67.3. The smallest absolute Gasteiger partial charge is 0.358 e. The first-order valence-electron chi connectivity index (χ1n) is 14.3. The second kappa shape index (κ2) is 10.2. The van der Waals surface area contributed by atoms with Crippen LogP contribution in [0.1, 0.15) is 37.8 Å². The maximum Gasteiger partial charge on any atom is 0.358 e. The maximum absolute atomic E-state index is 13.4. The minimum absolute atomic E-state index is 0.100. The van der Waals surface area contributed by atoms with Gasteiger partial charge < -0.3 is 49.6 Å². The lowest BCUT2D eigenvalue weighted by Crippen LogP contribution is -2.64. The number of carbonyl (C=O) groups is 4. The molecule has 0 saturated heterocycles. The zero-order valence-corrected chi connectivity index (χ0v) is 25.0. The lowest BCUT2D eigenvalue weighted by Gasteiger charge is -2.46. The van der Waals surface area contributed by atoms with E-state index in [2.05, 4.69) is 0 Å². The van der Waals surface area contributed by atoms with Crippen molar-refractivity contribution < 1.29 is 68.8 Å². The van der Waals surface area contributed by atoms with Crippen molar-refractivity contribution >= 4 is 35.0 Å². The zero-order valence-electron chi connectivity index (χ0n) is 25.0. The first-order chi connectivity index (χ1) is 21.7. The lowest BCUT2D eigenvalue weighted by molar-refractivity contribution is -0.174. The molecule has 2 saturated carbocycles. The van der Waals surface area contributed by atoms with Crippen LogP contribution in [0.2, 0.25) is 0 Å². The predicted octanol–water partition coefficient (Wildman–Crippen LogP) is 1.85. The number of fused-ring (bicyclic) bond motifs is 4. The van der Waals surface area contributed by atoms with Crippen LogP contribution in [0.5, 0.6) is 23.0 Å². The van der Waals surface area contributed by atoms with Crippen molar-refractivity contribution in [3.05, 3.63) is 46.5 Å². The lowest BCUT2D eigenvalue weighted by atomic mass is 9.69. The third-order valence-corrected chi connectivity index (χ3v) is 9.24. The van der Waals surface area contributed by atoms with Crippen molar-refractivity contribution in [1.82, 2.24) is 0 Å². The van der Waals surface area contributed by atoms with E-state index < -0.39 is 116 Å². The Bertz CT molecular complexity index is 1690. The number of Topliss-reactive ketones (excluding diaryl/α,β-unsaturated/α-hetero) is 2. The van der Waals surface area contributed by atoms with Gasteiger partial charge in [0.05, 0.1) is 25.4 Å². The summed E-state index contributed by atoms with van der Waals surface area (Å²) in [5.74, 6) is -9.42. The molecule has 0 spiro atoms. The molecule has 2 aromatic carbocycles. The molecule has 0 amide bonds. The minimum atomic E-state index is -2.58. The van der Waals surface area contributed by atoms with Gasteiger partial charge in [0.25, 0.3) is 11.2 Å². The number of hydrogen-bond donors (Lipinski definition) is 6. The van der Waals surface area contributed by atoms with Gasteiger partial charge in [-0.25, -0.2) is 9.59 Å². The molecule has 14 heteroatoms. The van der Waals surface area contributed by atoms with Crippen LogP contribution in [0, 0.1) is 11.8 Å². The Hall–Kier alpha value is -5.08. The van der Waals surface area contributed by atoms with E-state index in [4.69, 9.17) is 18.9 Å². The van der Waals surface area contributed by atoms with Gasteiger partial charge in [-0.1, -0.05) is 13.8 Å². The fraction of sp³-hybridized carbons (Fsp3) is 0.375. The quantitative estimate of drug-likeness (QED) is 0.264. The van der Waals surface area contributed by atoms with Gasteiger partial charge in [-0.15, -0.1) is 0 Å². The van der Waals surface area contributed by atoms with E-state index in [1.807, 2.05) is 0 Å². The van der Waals surface area contributed by atoms with Gasteiger partial charge in [-0.05, 0) is 36.1 Å². The van der Waals surface area contributed by atoms with Crippen molar-refractivity contribution in [2.75, 3.05) is 14.2 Å². The van der Waals surface area contributed by atoms with Crippen LogP contribution in [0.3, 0.4) is 0 Å². The molecule has 2 aliphatic heterocycles. The predicted molar refractivity (Wildman–Crippen MR) is 155 cm³/mol. The van der Waals surface area contributed by atoms with Gasteiger partial charge in [0.1, 0.15) is 57.9 Å². The number of aliphatic hydroxyl groups excluding tert-OH is 4. The van der Waals surface area contributed by atoms with E-state index in [0.717, 1.165) is 26.4 Å². The van der Waals surface area contributed by atoms with E-state index in [1.165, 1.54) is 26.0 Å². The summed E-state index contributed by atoms with van der Waals surface area (Å²) in [4.78, 5) is 53.2. The molecule has 0 bridgehead atoms. The van der Waals surface area contributed by atoms with Crippen LogP contribution in [0.15, 0.2) is 35.4 Å². The topological polar surface area (TPSA) is 227 Å². The van der Waals surface area contributed by atoms with Crippen LogP contribution in [-0.2, 0) is 28.7 Å². The number of rotatable bonds is 3. The molecule has 6 N–H and O–H groups in total. The number of hydrogen-bond acceptors (Lipinski definition) is 14. The van der Waals surface area contributed by atoms with Gasteiger partial charge in [-0.2, -0.15) is 0 Å². The largest absolute Gasteiger partial charge is 0.507 e. The van der Waals surface area contributed by atoms with E-state index in [0.29, 0.717) is 0 Å². The number of phenolic OH excluding ortho intramolecular Hbond substituents is 2. The van der Waals surface area contributed by atoms with Crippen molar-refractivity contribution in [2.24, 2.45) is 11.8 Å². The minimum Gasteiger partial charge on any atom is -0.507 e. The Kier molecular flexibility index (Phi) is 6.87. The molecule has 4 aliphatic rings. The highest BCUT2D eigenvalue weighted by Gasteiger charge is 2.65. The highest BCUT2D eigenvalue weighted by atomic mass is 16.6. The van der Waals surface area contributed by atoms with E-state index in [9.17, 15) is 49.8 Å². The zero-order chi connectivity index (χ0) is 33.6. The Morgan fingerprint density at radius 2 is 1.04 bits per heavy atom. The van der Waals surface area contributed by atoms with Crippen LogP contribution in [-0.4, -0.2) is 91.8 Å². The first-order valence-corrected chi connectivity index (χ1v) is 14.3. The SMILES string of the molecule is COC(=O)[C@@]12Oc3c(-c4ccc(O)c5c4O[C@@]4(C(=O)OC)C(=C5O)C(=O)C[C@@H](C)[C@@H]4O)ccc(O)c3C(O)=C1C(=O)C[C@H](C)[C@H]2O. The molecular formula is C32H30O14. The summed E-state index contributed by atoms with van der Waals surface area (Å²) in [6.07, 6.45) is -3.96. The highest BCUT2D eigenvalue weighted by molar-refractivity contribution is 6.14. The molecule has 14 nitrogen and oxygen atoms in total. The van der Waals surface area contributed by atoms with Crippen molar-refractivity contribution in [2.45, 2.75) is 50.1 Å². The summed E-state index contributed by atoms with van der Waals surface area (Å²) in [5.41, 5.74) is -7.49. The van der Waals surface area contributed by atoms with Gasteiger partial charge >= 0.3 is 11.9 Å². The molecule has 0 aromatic heterocycles. The van der Waals surface area contributed by atoms with Crippen LogP contribution >= 0.6 is 0 Å². The van der Waals surface area contributed by atoms with E-state index in [-0.39, 0.29) is 24.0 Å². The second-order valence-electron chi connectivity index (χ2n) is 11.9. The molecule has 46 heavy (non-hydrogen) atoms. The van der Waals surface area contributed by atoms with Gasteiger partial charge in [-0.3, -0.25) is 9.59 Å². The average molecular weight is 639 g/mol. The fourth-order valence-corrected chi connectivity index (χ4v) is 7.00. The molecule has 6 atom stereocenters. The summed E-state index contributed by atoms with van der Waals surface area (Å²) >= 11 is 0. The van der Waals surface area contributed by atoms with Gasteiger partial charge in [0.15, 0.2) is 11.6 Å². The molecular weight excluding hydrogens is 608 g/mol. The number of aromatic hydroxyl groups is 2. The monoisotopic (exact) mass is 638 g/mol. The molecule has 242 valence electrons. The molecule has 2 aromatic rings. The molecule has 2 fully saturated rings. The molecule has 2 aliphatic carbocycles. The molecule has 6 rings (SSSR count). The summed E-state index contributed by atoms with van der Waals surface area (Å²) in [6.45, 7) is 2.98. The standard InChI is InChI=1S/C32H30O14/c1-11-9-17(35)21-23(37)19-15(33)7-5-13(25(19)45-31(21,27(11)39)29(41)43-3)14-6-8-16(34)20-24(38)22-18(36)10-12(2)28(40)32(22,30(42)44-4)46-26(14)20/h5-8,11-12,27-28,33-34,37-40H,9-10H2,1-4H3/t11-,12+,27+,28-,31+,32-. The summed E-state index contributed by atoms with van der Waals surface area (Å²) in [6, 6.07) is 4.73. The number of methoxy groups -OCH3 is 2.